The molecule has 3 aromatic carbocycles. The maximum atomic E-state index is 11.3. The molecule has 2 N–H and O–H groups in total. The van der Waals surface area contributed by atoms with Crippen molar-refractivity contribution in [2.24, 2.45) is 0 Å². The highest BCUT2D eigenvalue weighted by Gasteiger charge is 2.11. The minimum Gasteiger partial charge on any atom is -0.489 e. The maximum absolute atomic E-state index is 11.3. The van der Waals surface area contributed by atoms with Crippen LogP contribution in [0, 0.1) is 13.8 Å². The topological polar surface area (TPSA) is 58.6 Å². The number of ether oxygens (including phenoxy) is 1. The minimum atomic E-state index is -0.925. The number of carboxylic acid groups (broad SMARTS) is 1. The summed E-state index contributed by atoms with van der Waals surface area (Å²) in [6.07, 6.45) is 0. The summed E-state index contributed by atoms with van der Waals surface area (Å²) in [6.45, 7) is 4.89. The van der Waals surface area contributed by atoms with Crippen molar-refractivity contribution in [1.29, 1.82) is 0 Å². The first-order chi connectivity index (χ1) is 13.5. The molecular weight excluding hydrogens is 418 g/mol. The molecule has 3 rings (SSSR count). The van der Waals surface area contributed by atoms with Gasteiger partial charge < -0.3 is 15.2 Å². The van der Waals surface area contributed by atoms with Crippen molar-refractivity contribution >= 4 is 27.6 Å². The SMILES string of the molecule is Cc1ccccc1COc1ccc(Br)cc1CNc1cccc(C(=O)O)c1C. The van der Waals surface area contributed by atoms with Gasteiger partial charge in [0.05, 0.1) is 5.56 Å². The molecule has 0 amide bonds. The second kappa shape index (κ2) is 8.93. The molecule has 0 aliphatic carbocycles. The molecule has 0 heterocycles. The third-order valence-electron chi connectivity index (χ3n) is 4.70. The number of hydrogen-bond donors (Lipinski definition) is 2. The molecule has 28 heavy (non-hydrogen) atoms. The summed E-state index contributed by atoms with van der Waals surface area (Å²) < 4.78 is 7.05. The lowest BCUT2D eigenvalue weighted by atomic mass is 10.1. The van der Waals surface area contributed by atoms with Crippen LogP contribution >= 0.6 is 15.9 Å². The van der Waals surface area contributed by atoms with Crippen LogP contribution in [0.2, 0.25) is 0 Å². The van der Waals surface area contributed by atoms with E-state index in [-0.39, 0.29) is 0 Å². The van der Waals surface area contributed by atoms with Crippen molar-refractivity contribution < 1.29 is 14.6 Å². The molecule has 0 atom stereocenters. The Hall–Kier alpha value is -2.79. The van der Waals surface area contributed by atoms with E-state index in [1.165, 1.54) is 5.56 Å². The fraction of sp³-hybridized carbons (Fsp3) is 0.174. The number of aromatic carboxylic acids is 1. The molecule has 0 saturated heterocycles. The van der Waals surface area contributed by atoms with Crippen LogP contribution in [-0.2, 0) is 13.2 Å². The number of anilines is 1. The van der Waals surface area contributed by atoms with Crippen LogP contribution in [0.5, 0.6) is 5.75 Å². The number of halogens is 1. The predicted octanol–water partition coefficient (Wildman–Crippen LogP) is 5.96. The summed E-state index contributed by atoms with van der Waals surface area (Å²) >= 11 is 3.51. The number of carboxylic acids is 1. The predicted molar refractivity (Wildman–Crippen MR) is 115 cm³/mol. The van der Waals surface area contributed by atoms with E-state index in [2.05, 4.69) is 40.3 Å². The summed E-state index contributed by atoms with van der Waals surface area (Å²) in [5, 5.41) is 12.6. The van der Waals surface area contributed by atoms with Gasteiger partial charge in [-0.05, 0) is 60.9 Å². The number of rotatable bonds is 7. The van der Waals surface area contributed by atoms with Crippen molar-refractivity contribution in [3.05, 3.63) is 93.0 Å². The van der Waals surface area contributed by atoms with Crippen molar-refractivity contribution in [2.45, 2.75) is 27.0 Å². The van der Waals surface area contributed by atoms with E-state index >= 15 is 0 Å². The quantitative estimate of drug-likeness (QED) is 0.476. The first kappa shape index (κ1) is 20.0. The number of nitrogens with one attached hydrogen (secondary N) is 1. The second-order valence-corrected chi connectivity index (χ2v) is 7.52. The summed E-state index contributed by atoms with van der Waals surface area (Å²) in [7, 11) is 0. The largest absolute Gasteiger partial charge is 0.489 e. The van der Waals surface area contributed by atoms with Crippen LogP contribution in [-0.4, -0.2) is 11.1 Å². The van der Waals surface area contributed by atoms with Crippen LogP contribution in [0.3, 0.4) is 0 Å². The van der Waals surface area contributed by atoms with E-state index < -0.39 is 5.97 Å². The van der Waals surface area contributed by atoms with Crippen LogP contribution < -0.4 is 10.1 Å². The van der Waals surface area contributed by atoms with Gasteiger partial charge in [-0.1, -0.05) is 46.3 Å². The molecule has 0 unspecified atom stereocenters. The molecule has 0 aliphatic heterocycles. The molecule has 0 aliphatic rings. The van der Waals surface area contributed by atoms with Crippen LogP contribution in [0.15, 0.2) is 65.1 Å². The Morgan fingerprint density at radius 2 is 1.82 bits per heavy atom. The first-order valence-electron chi connectivity index (χ1n) is 8.98. The van der Waals surface area contributed by atoms with Crippen molar-refractivity contribution in [3.8, 4) is 5.75 Å². The number of carbonyl (C=O) groups is 1. The van der Waals surface area contributed by atoms with E-state index in [9.17, 15) is 9.90 Å². The summed E-state index contributed by atoms with van der Waals surface area (Å²) in [5.41, 5.74) is 5.14. The molecule has 0 bridgehead atoms. The fourth-order valence-electron chi connectivity index (χ4n) is 3.00. The Bertz CT molecular complexity index is 1000. The average Bonchev–Trinajstić information content (AvgIpc) is 2.67. The van der Waals surface area contributed by atoms with Crippen molar-refractivity contribution in [2.75, 3.05) is 5.32 Å². The fourth-order valence-corrected chi connectivity index (χ4v) is 3.41. The highest BCUT2D eigenvalue weighted by molar-refractivity contribution is 9.10. The second-order valence-electron chi connectivity index (χ2n) is 6.60. The third-order valence-corrected chi connectivity index (χ3v) is 5.19. The highest BCUT2D eigenvalue weighted by Crippen LogP contribution is 2.27. The van der Waals surface area contributed by atoms with E-state index in [4.69, 9.17) is 4.74 Å². The Morgan fingerprint density at radius 1 is 1.04 bits per heavy atom. The molecule has 0 radical (unpaired) electrons. The van der Waals surface area contributed by atoms with Gasteiger partial charge in [0, 0.05) is 22.3 Å². The van der Waals surface area contributed by atoms with Crippen molar-refractivity contribution in [3.63, 3.8) is 0 Å². The van der Waals surface area contributed by atoms with Crippen molar-refractivity contribution in [1.82, 2.24) is 0 Å². The monoisotopic (exact) mass is 439 g/mol. The number of aryl methyl sites for hydroxylation is 1. The number of hydrogen-bond acceptors (Lipinski definition) is 3. The Kier molecular flexibility index (Phi) is 6.37. The van der Waals surface area contributed by atoms with E-state index in [0.29, 0.717) is 24.3 Å². The van der Waals surface area contributed by atoms with E-state index in [1.54, 1.807) is 12.1 Å². The highest BCUT2D eigenvalue weighted by atomic mass is 79.9. The molecule has 0 fully saturated rings. The van der Waals surface area contributed by atoms with Gasteiger partial charge in [0.2, 0.25) is 0 Å². The molecule has 4 nitrogen and oxygen atoms in total. The van der Waals surface area contributed by atoms with E-state index in [0.717, 1.165) is 27.0 Å². The summed E-state index contributed by atoms with van der Waals surface area (Å²) in [4.78, 5) is 11.3. The Morgan fingerprint density at radius 3 is 2.57 bits per heavy atom. The molecule has 0 aromatic heterocycles. The molecular formula is C23H22BrNO3. The van der Waals surface area contributed by atoms with Gasteiger partial charge in [0.25, 0.3) is 0 Å². The van der Waals surface area contributed by atoms with Gasteiger partial charge in [0.1, 0.15) is 12.4 Å². The molecule has 0 spiro atoms. The van der Waals surface area contributed by atoms with Gasteiger partial charge in [-0.15, -0.1) is 0 Å². The Labute approximate surface area is 173 Å². The molecule has 3 aromatic rings. The zero-order valence-electron chi connectivity index (χ0n) is 15.8. The minimum absolute atomic E-state index is 0.301. The van der Waals surface area contributed by atoms with Gasteiger partial charge in [-0.3, -0.25) is 0 Å². The van der Waals surface area contributed by atoms with Gasteiger partial charge in [-0.25, -0.2) is 4.79 Å². The third kappa shape index (κ3) is 4.73. The van der Waals surface area contributed by atoms with Gasteiger partial charge in [0.15, 0.2) is 0 Å². The standard InChI is InChI=1S/C23H22BrNO3/c1-15-6-3-4-7-17(15)14-28-22-11-10-19(24)12-18(22)13-25-21-9-5-8-20(16(21)2)23(26)27/h3-12,25H,13-14H2,1-2H3,(H,26,27). The first-order valence-corrected chi connectivity index (χ1v) is 9.77. The number of benzene rings is 3. The van der Waals surface area contributed by atoms with Gasteiger partial charge in [-0.2, -0.15) is 0 Å². The summed E-state index contributed by atoms with van der Waals surface area (Å²) in [5.74, 6) is -0.128. The Balaban J connectivity index is 1.77. The van der Waals surface area contributed by atoms with Crippen LogP contribution in [0.4, 0.5) is 5.69 Å². The molecule has 144 valence electrons. The maximum Gasteiger partial charge on any atom is 0.336 e. The van der Waals surface area contributed by atoms with Gasteiger partial charge >= 0.3 is 5.97 Å². The lowest BCUT2D eigenvalue weighted by molar-refractivity contribution is 0.0696. The lowest BCUT2D eigenvalue weighted by Crippen LogP contribution is -2.07. The smallest absolute Gasteiger partial charge is 0.336 e. The normalized spacial score (nSPS) is 10.5. The van der Waals surface area contributed by atoms with E-state index in [1.807, 2.05) is 43.3 Å². The molecule has 5 heteroatoms. The van der Waals surface area contributed by atoms with Crippen LogP contribution in [0.1, 0.15) is 32.6 Å². The molecule has 0 saturated carbocycles. The zero-order valence-corrected chi connectivity index (χ0v) is 17.4. The summed E-state index contributed by atoms with van der Waals surface area (Å²) in [6, 6.07) is 19.3. The average molecular weight is 440 g/mol. The zero-order chi connectivity index (χ0) is 20.1. The lowest BCUT2D eigenvalue weighted by Gasteiger charge is -2.16. The van der Waals surface area contributed by atoms with Crippen LogP contribution in [0.25, 0.3) is 0 Å².